The van der Waals surface area contributed by atoms with Crippen LogP contribution in [0.2, 0.25) is 0 Å². The van der Waals surface area contributed by atoms with E-state index in [4.69, 9.17) is 4.74 Å². The number of amides is 1. The largest absolute Gasteiger partial charge is 0.383 e. The predicted molar refractivity (Wildman–Crippen MR) is 74.1 cm³/mol. The van der Waals surface area contributed by atoms with E-state index in [9.17, 15) is 4.79 Å². The number of ether oxygens (including phenoxy) is 1. The lowest BCUT2D eigenvalue weighted by molar-refractivity contribution is 0.0910. The second-order valence-corrected chi connectivity index (χ2v) is 4.90. The summed E-state index contributed by atoms with van der Waals surface area (Å²) in [6.07, 6.45) is 0. The SMILES string of the molecule is COC[C@@H](C)NC(=O)c1snnc1-c1ccccc1. The number of benzene rings is 1. The first-order valence-electron chi connectivity index (χ1n) is 5.90. The predicted octanol–water partition coefficient (Wildman–Crippen LogP) is 1.97. The van der Waals surface area contributed by atoms with Crippen LogP contribution in [0.3, 0.4) is 0 Å². The maximum absolute atomic E-state index is 12.1. The van der Waals surface area contributed by atoms with Crippen LogP contribution in [0.5, 0.6) is 0 Å². The third kappa shape index (κ3) is 3.36. The van der Waals surface area contributed by atoms with Crippen LogP contribution in [-0.4, -0.2) is 35.3 Å². The van der Waals surface area contributed by atoms with E-state index in [0.717, 1.165) is 17.1 Å². The Balaban J connectivity index is 2.18. The van der Waals surface area contributed by atoms with Crippen molar-refractivity contribution >= 4 is 17.4 Å². The van der Waals surface area contributed by atoms with Gasteiger partial charge in [-0.25, -0.2) is 0 Å². The smallest absolute Gasteiger partial charge is 0.265 e. The molecule has 2 rings (SSSR count). The zero-order chi connectivity index (χ0) is 13.7. The normalized spacial score (nSPS) is 12.1. The Kier molecular flexibility index (Phi) is 4.59. The van der Waals surface area contributed by atoms with Crippen LogP contribution in [0.1, 0.15) is 16.6 Å². The molecule has 0 saturated carbocycles. The molecule has 0 radical (unpaired) electrons. The molecule has 0 aliphatic heterocycles. The molecule has 1 N–H and O–H groups in total. The fourth-order valence-electron chi connectivity index (χ4n) is 1.71. The lowest BCUT2D eigenvalue weighted by Gasteiger charge is -2.11. The van der Waals surface area contributed by atoms with Crippen molar-refractivity contribution in [2.45, 2.75) is 13.0 Å². The summed E-state index contributed by atoms with van der Waals surface area (Å²) in [5.41, 5.74) is 1.51. The van der Waals surface area contributed by atoms with Gasteiger partial charge in [-0.05, 0) is 18.5 Å². The minimum atomic E-state index is -0.168. The molecule has 6 heteroatoms. The molecule has 1 atom stereocenters. The van der Waals surface area contributed by atoms with Crippen LogP contribution >= 0.6 is 11.5 Å². The van der Waals surface area contributed by atoms with Crippen LogP contribution in [0, 0.1) is 0 Å². The van der Waals surface area contributed by atoms with Gasteiger partial charge in [0.25, 0.3) is 5.91 Å². The van der Waals surface area contributed by atoms with Gasteiger partial charge in [-0.15, -0.1) is 5.10 Å². The van der Waals surface area contributed by atoms with Crippen molar-refractivity contribution in [3.8, 4) is 11.3 Å². The summed E-state index contributed by atoms with van der Waals surface area (Å²) < 4.78 is 8.87. The number of nitrogens with zero attached hydrogens (tertiary/aromatic N) is 2. The summed E-state index contributed by atoms with van der Waals surface area (Å²) >= 11 is 1.10. The molecule has 5 nitrogen and oxygen atoms in total. The van der Waals surface area contributed by atoms with E-state index in [1.54, 1.807) is 7.11 Å². The van der Waals surface area contributed by atoms with Gasteiger partial charge in [-0.2, -0.15) is 0 Å². The van der Waals surface area contributed by atoms with Gasteiger partial charge < -0.3 is 10.1 Å². The number of carbonyl (C=O) groups excluding carboxylic acids is 1. The van der Waals surface area contributed by atoms with Gasteiger partial charge in [0.15, 0.2) is 0 Å². The van der Waals surface area contributed by atoms with Crippen LogP contribution in [0.25, 0.3) is 11.3 Å². The molecule has 0 fully saturated rings. The van der Waals surface area contributed by atoms with Crippen molar-refractivity contribution in [1.29, 1.82) is 0 Å². The molecule has 100 valence electrons. The Morgan fingerprint density at radius 2 is 2.16 bits per heavy atom. The molecular formula is C13H15N3O2S. The third-order valence-electron chi connectivity index (χ3n) is 2.54. The molecule has 0 saturated heterocycles. The van der Waals surface area contributed by atoms with Crippen molar-refractivity contribution in [1.82, 2.24) is 14.9 Å². The van der Waals surface area contributed by atoms with Crippen molar-refractivity contribution in [3.63, 3.8) is 0 Å². The fourth-order valence-corrected chi connectivity index (χ4v) is 2.30. The first kappa shape index (κ1) is 13.6. The van der Waals surface area contributed by atoms with Crippen LogP contribution in [0.15, 0.2) is 30.3 Å². The zero-order valence-corrected chi connectivity index (χ0v) is 11.6. The van der Waals surface area contributed by atoms with Gasteiger partial charge in [0.1, 0.15) is 10.6 Å². The number of methoxy groups -OCH3 is 1. The third-order valence-corrected chi connectivity index (χ3v) is 3.26. The maximum atomic E-state index is 12.1. The van der Waals surface area contributed by atoms with E-state index in [-0.39, 0.29) is 11.9 Å². The number of aromatic nitrogens is 2. The molecule has 1 amide bonds. The Morgan fingerprint density at radius 1 is 1.42 bits per heavy atom. The monoisotopic (exact) mass is 277 g/mol. The molecule has 1 heterocycles. The lowest BCUT2D eigenvalue weighted by Crippen LogP contribution is -2.35. The Morgan fingerprint density at radius 3 is 2.84 bits per heavy atom. The van der Waals surface area contributed by atoms with E-state index < -0.39 is 0 Å². The highest BCUT2D eigenvalue weighted by atomic mass is 32.1. The van der Waals surface area contributed by atoms with E-state index in [1.807, 2.05) is 37.3 Å². The summed E-state index contributed by atoms with van der Waals surface area (Å²) in [4.78, 5) is 12.7. The van der Waals surface area contributed by atoms with Gasteiger partial charge in [0, 0.05) is 18.7 Å². The average Bonchev–Trinajstić information content (AvgIpc) is 2.89. The fraction of sp³-hybridized carbons (Fsp3) is 0.308. The quantitative estimate of drug-likeness (QED) is 0.907. The lowest BCUT2D eigenvalue weighted by atomic mass is 10.1. The van der Waals surface area contributed by atoms with E-state index in [1.165, 1.54) is 0 Å². The number of hydrogen-bond donors (Lipinski definition) is 1. The minimum Gasteiger partial charge on any atom is -0.383 e. The summed E-state index contributed by atoms with van der Waals surface area (Å²) in [6.45, 7) is 2.36. The van der Waals surface area contributed by atoms with Crippen molar-refractivity contribution in [3.05, 3.63) is 35.2 Å². The number of carbonyl (C=O) groups is 1. The Bertz CT molecular complexity index is 542. The van der Waals surface area contributed by atoms with Crippen molar-refractivity contribution in [2.24, 2.45) is 0 Å². The first-order chi connectivity index (χ1) is 9.22. The average molecular weight is 277 g/mol. The maximum Gasteiger partial charge on any atom is 0.265 e. The summed E-state index contributed by atoms with van der Waals surface area (Å²) in [5.74, 6) is -0.168. The standard InChI is InChI=1S/C13H15N3O2S/c1-9(8-18-2)14-13(17)12-11(15-16-19-12)10-6-4-3-5-7-10/h3-7,9H,8H2,1-2H3,(H,14,17)/t9-/m1/s1. The topological polar surface area (TPSA) is 64.1 Å². The minimum absolute atomic E-state index is 0.0526. The highest BCUT2D eigenvalue weighted by Gasteiger charge is 2.18. The molecule has 0 aliphatic carbocycles. The molecule has 0 unspecified atom stereocenters. The van der Waals surface area contributed by atoms with Gasteiger partial charge in [-0.3, -0.25) is 4.79 Å². The first-order valence-corrected chi connectivity index (χ1v) is 6.67. The van der Waals surface area contributed by atoms with Crippen molar-refractivity contribution in [2.75, 3.05) is 13.7 Å². The molecule has 1 aromatic carbocycles. The molecule has 0 bridgehead atoms. The second kappa shape index (κ2) is 6.40. The highest BCUT2D eigenvalue weighted by Crippen LogP contribution is 2.23. The molecule has 0 spiro atoms. The Labute approximate surface area is 115 Å². The molecule has 19 heavy (non-hydrogen) atoms. The molecular weight excluding hydrogens is 262 g/mol. The van der Waals surface area contributed by atoms with Gasteiger partial charge in [0.2, 0.25) is 0 Å². The summed E-state index contributed by atoms with van der Waals surface area (Å²) in [7, 11) is 1.60. The van der Waals surface area contributed by atoms with Gasteiger partial charge in [0.05, 0.1) is 6.61 Å². The van der Waals surface area contributed by atoms with Crippen LogP contribution in [0.4, 0.5) is 0 Å². The molecule has 0 aliphatic rings. The van der Waals surface area contributed by atoms with E-state index in [2.05, 4.69) is 14.9 Å². The molecule has 1 aromatic heterocycles. The summed E-state index contributed by atoms with van der Waals surface area (Å²) in [5, 5.41) is 6.90. The second-order valence-electron chi connectivity index (χ2n) is 4.15. The van der Waals surface area contributed by atoms with Crippen LogP contribution in [-0.2, 0) is 4.74 Å². The summed E-state index contributed by atoms with van der Waals surface area (Å²) in [6, 6.07) is 9.50. The zero-order valence-electron chi connectivity index (χ0n) is 10.8. The van der Waals surface area contributed by atoms with Gasteiger partial charge in [-0.1, -0.05) is 34.8 Å². The van der Waals surface area contributed by atoms with Crippen LogP contribution < -0.4 is 5.32 Å². The van der Waals surface area contributed by atoms with Gasteiger partial charge >= 0.3 is 0 Å². The highest BCUT2D eigenvalue weighted by molar-refractivity contribution is 7.08. The number of rotatable bonds is 5. The number of nitrogens with one attached hydrogen (secondary N) is 1. The molecule has 2 aromatic rings. The van der Waals surface area contributed by atoms with E-state index >= 15 is 0 Å². The Hall–Kier alpha value is -1.79. The number of hydrogen-bond acceptors (Lipinski definition) is 5. The van der Waals surface area contributed by atoms with E-state index in [0.29, 0.717) is 17.2 Å². The van der Waals surface area contributed by atoms with Crippen molar-refractivity contribution < 1.29 is 9.53 Å².